The van der Waals surface area contributed by atoms with E-state index in [4.69, 9.17) is 0 Å². The highest BCUT2D eigenvalue weighted by atomic mass is 79.9. The minimum atomic E-state index is -0.277. The molecule has 1 aromatic heterocycles. The highest BCUT2D eigenvalue weighted by Crippen LogP contribution is 2.25. The van der Waals surface area contributed by atoms with Crippen LogP contribution in [0.5, 0.6) is 0 Å². The van der Waals surface area contributed by atoms with Gasteiger partial charge in [-0.15, -0.1) is 0 Å². The van der Waals surface area contributed by atoms with Crippen molar-refractivity contribution in [1.29, 1.82) is 0 Å². The van der Waals surface area contributed by atoms with Crippen LogP contribution < -0.4 is 5.32 Å². The molecule has 0 atom stereocenters. The molecule has 1 heterocycles. The van der Waals surface area contributed by atoms with Crippen molar-refractivity contribution in [2.45, 2.75) is 6.92 Å². The SMILES string of the molecule is CCNc1cc(-c2ccc(Br)cc2F)[nH]n1. The molecule has 0 saturated heterocycles. The van der Waals surface area contributed by atoms with E-state index in [2.05, 4.69) is 31.4 Å². The van der Waals surface area contributed by atoms with Crippen molar-refractivity contribution in [3.05, 3.63) is 34.6 Å². The normalized spacial score (nSPS) is 10.4. The van der Waals surface area contributed by atoms with Crippen LogP contribution in [0.1, 0.15) is 6.92 Å². The first kappa shape index (κ1) is 11.1. The van der Waals surface area contributed by atoms with Crippen LogP contribution in [-0.4, -0.2) is 16.7 Å². The predicted molar refractivity (Wildman–Crippen MR) is 65.8 cm³/mol. The van der Waals surface area contributed by atoms with Crippen molar-refractivity contribution < 1.29 is 4.39 Å². The zero-order valence-electron chi connectivity index (χ0n) is 8.72. The van der Waals surface area contributed by atoms with Crippen LogP contribution >= 0.6 is 15.9 Å². The summed E-state index contributed by atoms with van der Waals surface area (Å²) in [5.41, 5.74) is 1.18. The van der Waals surface area contributed by atoms with E-state index in [0.29, 0.717) is 11.3 Å². The van der Waals surface area contributed by atoms with Crippen LogP contribution in [0.2, 0.25) is 0 Å². The van der Waals surface area contributed by atoms with Crippen LogP contribution in [0.3, 0.4) is 0 Å². The van der Waals surface area contributed by atoms with E-state index in [9.17, 15) is 4.39 Å². The lowest BCUT2D eigenvalue weighted by molar-refractivity contribution is 0.630. The number of hydrogen-bond donors (Lipinski definition) is 2. The van der Waals surface area contributed by atoms with Crippen molar-refractivity contribution in [3.63, 3.8) is 0 Å². The minimum absolute atomic E-state index is 0.277. The zero-order chi connectivity index (χ0) is 11.5. The number of nitrogens with zero attached hydrogens (tertiary/aromatic N) is 1. The van der Waals surface area contributed by atoms with Gasteiger partial charge in [0.15, 0.2) is 0 Å². The molecule has 2 N–H and O–H groups in total. The second-order valence-electron chi connectivity index (χ2n) is 3.32. The van der Waals surface area contributed by atoms with E-state index in [1.54, 1.807) is 18.2 Å². The molecule has 0 radical (unpaired) electrons. The zero-order valence-corrected chi connectivity index (χ0v) is 10.3. The summed E-state index contributed by atoms with van der Waals surface area (Å²) in [4.78, 5) is 0. The van der Waals surface area contributed by atoms with Crippen molar-refractivity contribution in [2.75, 3.05) is 11.9 Å². The molecule has 0 fully saturated rings. The third-order valence-electron chi connectivity index (χ3n) is 2.16. The molecule has 0 spiro atoms. The van der Waals surface area contributed by atoms with E-state index in [0.717, 1.165) is 16.8 Å². The largest absolute Gasteiger partial charge is 0.369 e. The van der Waals surface area contributed by atoms with Gasteiger partial charge >= 0.3 is 0 Å². The van der Waals surface area contributed by atoms with Gasteiger partial charge in [0.2, 0.25) is 0 Å². The molecule has 0 amide bonds. The number of halogens is 2. The standard InChI is InChI=1S/C11H11BrFN3/c1-2-14-11-6-10(15-16-11)8-4-3-7(12)5-9(8)13/h3-6H,2H2,1H3,(H2,14,15,16). The van der Waals surface area contributed by atoms with Crippen LogP contribution in [0, 0.1) is 5.82 Å². The molecule has 1 aromatic carbocycles. The Balaban J connectivity index is 2.35. The smallest absolute Gasteiger partial charge is 0.148 e. The Hall–Kier alpha value is -1.36. The average molecular weight is 284 g/mol. The first-order valence-corrected chi connectivity index (χ1v) is 5.74. The highest BCUT2D eigenvalue weighted by Gasteiger charge is 2.08. The summed E-state index contributed by atoms with van der Waals surface area (Å²) in [5.74, 6) is 0.445. The van der Waals surface area contributed by atoms with Gasteiger partial charge in [-0.2, -0.15) is 5.10 Å². The molecule has 0 saturated carbocycles. The molecule has 0 unspecified atom stereocenters. The van der Waals surface area contributed by atoms with Crippen molar-refractivity contribution in [3.8, 4) is 11.3 Å². The minimum Gasteiger partial charge on any atom is -0.369 e. The van der Waals surface area contributed by atoms with Crippen molar-refractivity contribution >= 4 is 21.7 Å². The molecule has 5 heteroatoms. The Labute approximate surface area is 101 Å². The molecular weight excluding hydrogens is 273 g/mol. The highest BCUT2D eigenvalue weighted by molar-refractivity contribution is 9.10. The maximum Gasteiger partial charge on any atom is 0.148 e. The van der Waals surface area contributed by atoms with E-state index in [1.165, 1.54) is 6.07 Å². The Bertz CT molecular complexity index is 496. The molecule has 84 valence electrons. The second-order valence-corrected chi connectivity index (χ2v) is 4.24. The van der Waals surface area contributed by atoms with E-state index in [-0.39, 0.29) is 5.82 Å². The Morgan fingerprint density at radius 1 is 1.44 bits per heavy atom. The fourth-order valence-corrected chi connectivity index (χ4v) is 1.77. The van der Waals surface area contributed by atoms with Crippen molar-refractivity contribution in [2.24, 2.45) is 0 Å². The fourth-order valence-electron chi connectivity index (χ4n) is 1.44. The third-order valence-corrected chi connectivity index (χ3v) is 2.65. The number of aromatic amines is 1. The second kappa shape index (κ2) is 4.65. The lowest BCUT2D eigenvalue weighted by atomic mass is 10.1. The van der Waals surface area contributed by atoms with E-state index >= 15 is 0 Å². The van der Waals surface area contributed by atoms with Gasteiger partial charge in [0.25, 0.3) is 0 Å². The number of nitrogens with one attached hydrogen (secondary N) is 2. The Morgan fingerprint density at radius 3 is 2.94 bits per heavy atom. The number of aromatic nitrogens is 2. The van der Waals surface area contributed by atoms with Gasteiger partial charge in [-0.25, -0.2) is 4.39 Å². The average Bonchev–Trinajstić information content (AvgIpc) is 2.67. The molecule has 2 rings (SSSR count). The summed E-state index contributed by atoms with van der Waals surface area (Å²) in [6.07, 6.45) is 0. The molecule has 16 heavy (non-hydrogen) atoms. The molecule has 0 aliphatic carbocycles. The number of benzene rings is 1. The lowest BCUT2D eigenvalue weighted by Gasteiger charge is -1.99. The third kappa shape index (κ3) is 2.24. The maximum atomic E-state index is 13.6. The Morgan fingerprint density at radius 2 is 2.25 bits per heavy atom. The van der Waals surface area contributed by atoms with Crippen LogP contribution in [0.25, 0.3) is 11.3 Å². The van der Waals surface area contributed by atoms with Gasteiger partial charge in [-0.3, -0.25) is 5.10 Å². The molecule has 0 bridgehead atoms. The van der Waals surface area contributed by atoms with Gasteiger partial charge in [0.1, 0.15) is 11.6 Å². The van der Waals surface area contributed by atoms with Gasteiger partial charge in [-0.1, -0.05) is 15.9 Å². The monoisotopic (exact) mass is 283 g/mol. The molecule has 2 aromatic rings. The summed E-state index contributed by atoms with van der Waals surface area (Å²) >= 11 is 3.22. The van der Waals surface area contributed by atoms with Gasteiger partial charge in [0.05, 0.1) is 5.69 Å². The summed E-state index contributed by atoms with van der Waals surface area (Å²) < 4.78 is 14.4. The summed E-state index contributed by atoms with van der Waals surface area (Å²) in [6, 6.07) is 6.73. The van der Waals surface area contributed by atoms with Crippen LogP contribution in [0.4, 0.5) is 10.2 Å². The first-order chi connectivity index (χ1) is 7.70. The summed E-state index contributed by atoms with van der Waals surface area (Å²) in [5, 5.41) is 9.89. The molecule has 3 nitrogen and oxygen atoms in total. The Kier molecular flexibility index (Phi) is 3.24. The first-order valence-electron chi connectivity index (χ1n) is 4.95. The van der Waals surface area contributed by atoms with Gasteiger partial charge < -0.3 is 5.32 Å². The topological polar surface area (TPSA) is 40.7 Å². The van der Waals surface area contributed by atoms with Crippen LogP contribution in [-0.2, 0) is 0 Å². The molecule has 0 aliphatic rings. The number of hydrogen-bond acceptors (Lipinski definition) is 2. The van der Waals surface area contributed by atoms with Crippen molar-refractivity contribution in [1.82, 2.24) is 10.2 Å². The number of H-pyrrole nitrogens is 1. The van der Waals surface area contributed by atoms with E-state index in [1.807, 2.05) is 6.92 Å². The van der Waals surface area contributed by atoms with E-state index < -0.39 is 0 Å². The molecule has 0 aliphatic heterocycles. The quantitative estimate of drug-likeness (QED) is 0.906. The number of anilines is 1. The predicted octanol–water partition coefficient (Wildman–Crippen LogP) is 3.41. The number of rotatable bonds is 3. The molecular formula is C11H11BrFN3. The maximum absolute atomic E-state index is 13.6. The van der Waals surface area contributed by atoms with Crippen LogP contribution in [0.15, 0.2) is 28.7 Å². The van der Waals surface area contributed by atoms with Gasteiger partial charge in [-0.05, 0) is 25.1 Å². The summed E-state index contributed by atoms with van der Waals surface area (Å²) in [6.45, 7) is 2.77. The summed E-state index contributed by atoms with van der Waals surface area (Å²) in [7, 11) is 0. The fraction of sp³-hybridized carbons (Fsp3) is 0.182. The van der Waals surface area contributed by atoms with Gasteiger partial charge in [0, 0.05) is 22.6 Å². The lowest BCUT2D eigenvalue weighted by Crippen LogP contribution is -1.95.